The summed E-state index contributed by atoms with van der Waals surface area (Å²) in [6.07, 6.45) is 2.16. The molecule has 0 radical (unpaired) electrons. The lowest BCUT2D eigenvalue weighted by Gasteiger charge is -2.21. The highest BCUT2D eigenvalue weighted by Crippen LogP contribution is 2.18. The van der Waals surface area contributed by atoms with Crippen LogP contribution >= 0.6 is 11.6 Å². The zero-order chi connectivity index (χ0) is 27.2. The van der Waals surface area contributed by atoms with Crippen molar-refractivity contribution in [3.8, 4) is 6.07 Å². The standard InChI is InChI=1S/C24H28ClN7O4S/c1-16(2)13-18(29-24(34)19-15-32-22(28-19)10-9-21(25)30-32)23(33)27-11-6-12-31(3)37(35,36)20-8-5-4-7-17(20)14-26/h4-5,7-10,15-16,18H,6,11-13H2,1-3H3,(H,27,33)(H,29,34)/t18-/m0/s1. The number of sulfonamides is 1. The molecule has 2 aromatic heterocycles. The van der Waals surface area contributed by atoms with Crippen LogP contribution < -0.4 is 10.6 Å². The summed E-state index contributed by atoms with van der Waals surface area (Å²) < 4.78 is 28.2. The number of hydrogen-bond donors (Lipinski definition) is 2. The first-order valence-electron chi connectivity index (χ1n) is 11.6. The van der Waals surface area contributed by atoms with Gasteiger partial charge in [0.2, 0.25) is 15.9 Å². The SMILES string of the molecule is CC(C)C[C@H](NC(=O)c1cn2nc(Cl)ccc2n1)C(=O)NCCCN(C)S(=O)(=O)c1ccccc1C#N. The lowest BCUT2D eigenvalue weighted by molar-refractivity contribution is -0.123. The number of nitriles is 1. The number of benzene rings is 1. The van der Waals surface area contributed by atoms with E-state index in [0.29, 0.717) is 18.5 Å². The molecule has 11 nitrogen and oxygen atoms in total. The summed E-state index contributed by atoms with van der Waals surface area (Å²) in [6, 6.07) is 10.3. The maximum atomic E-state index is 12.9. The Balaban J connectivity index is 1.58. The summed E-state index contributed by atoms with van der Waals surface area (Å²) >= 11 is 5.88. The molecule has 2 amide bonds. The average Bonchev–Trinajstić information content (AvgIpc) is 3.29. The van der Waals surface area contributed by atoms with E-state index in [1.165, 1.54) is 29.9 Å². The maximum absolute atomic E-state index is 12.9. The van der Waals surface area contributed by atoms with Gasteiger partial charge in [0.1, 0.15) is 23.0 Å². The van der Waals surface area contributed by atoms with Gasteiger partial charge in [0, 0.05) is 20.1 Å². The van der Waals surface area contributed by atoms with Gasteiger partial charge in [-0.3, -0.25) is 9.59 Å². The molecule has 0 fully saturated rings. The van der Waals surface area contributed by atoms with Gasteiger partial charge in [-0.1, -0.05) is 37.6 Å². The number of aromatic nitrogens is 3. The average molecular weight is 546 g/mol. The first-order chi connectivity index (χ1) is 17.5. The van der Waals surface area contributed by atoms with Crippen molar-refractivity contribution in [2.45, 2.75) is 37.6 Å². The van der Waals surface area contributed by atoms with Gasteiger partial charge in [-0.15, -0.1) is 0 Å². The molecule has 0 saturated heterocycles. The van der Waals surface area contributed by atoms with E-state index >= 15 is 0 Å². The molecular formula is C24H28ClN7O4S. The Morgan fingerprint density at radius 3 is 2.65 bits per heavy atom. The van der Waals surface area contributed by atoms with E-state index in [4.69, 9.17) is 11.6 Å². The summed E-state index contributed by atoms with van der Waals surface area (Å²) in [5.41, 5.74) is 0.607. The molecule has 0 spiro atoms. The molecule has 0 bridgehead atoms. The second-order valence-electron chi connectivity index (χ2n) is 8.82. The lowest BCUT2D eigenvalue weighted by atomic mass is 10.0. The van der Waals surface area contributed by atoms with Crippen LogP contribution in [0.4, 0.5) is 0 Å². The normalized spacial score (nSPS) is 12.5. The highest BCUT2D eigenvalue weighted by atomic mass is 35.5. The number of carbonyl (C=O) groups is 2. The van der Waals surface area contributed by atoms with Crippen molar-refractivity contribution in [1.29, 1.82) is 5.26 Å². The van der Waals surface area contributed by atoms with Crippen molar-refractivity contribution in [3.05, 3.63) is 59.0 Å². The number of nitrogens with zero attached hydrogens (tertiary/aromatic N) is 5. The molecule has 1 aromatic carbocycles. The smallest absolute Gasteiger partial charge is 0.272 e. The number of carbonyl (C=O) groups excluding carboxylic acids is 2. The second-order valence-corrected chi connectivity index (χ2v) is 11.2. The van der Waals surface area contributed by atoms with Crippen LogP contribution in [0.15, 0.2) is 47.5 Å². The van der Waals surface area contributed by atoms with E-state index in [1.807, 2.05) is 19.9 Å². The van der Waals surface area contributed by atoms with Crippen LogP contribution in [0.1, 0.15) is 42.7 Å². The minimum Gasteiger partial charge on any atom is -0.354 e. The number of rotatable bonds is 11. The zero-order valence-electron chi connectivity index (χ0n) is 20.7. The molecule has 0 saturated carbocycles. The van der Waals surface area contributed by atoms with E-state index < -0.39 is 22.0 Å². The summed E-state index contributed by atoms with van der Waals surface area (Å²) in [5, 5.41) is 19.0. The van der Waals surface area contributed by atoms with E-state index in [2.05, 4.69) is 20.7 Å². The minimum absolute atomic E-state index is 0.0619. The molecule has 0 aliphatic carbocycles. The summed E-state index contributed by atoms with van der Waals surface area (Å²) in [4.78, 5) is 29.8. The Kier molecular flexibility index (Phi) is 9.20. The zero-order valence-corrected chi connectivity index (χ0v) is 22.3. The lowest BCUT2D eigenvalue weighted by Crippen LogP contribution is -2.48. The van der Waals surface area contributed by atoms with Gasteiger partial charge in [-0.2, -0.15) is 10.4 Å². The highest BCUT2D eigenvalue weighted by Gasteiger charge is 2.25. The fourth-order valence-electron chi connectivity index (χ4n) is 3.61. The van der Waals surface area contributed by atoms with Gasteiger partial charge in [0.05, 0.1) is 16.7 Å². The van der Waals surface area contributed by atoms with Gasteiger partial charge in [0.25, 0.3) is 5.91 Å². The predicted molar refractivity (Wildman–Crippen MR) is 137 cm³/mol. The van der Waals surface area contributed by atoms with E-state index in [9.17, 15) is 23.3 Å². The monoisotopic (exact) mass is 545 g/mol. The number of nitrogens with one attached hydrogen (secondary N) is 2. The van der Waals surface area contributed by atoms with Gasteiger partial charge < -0.3 is 10.6 Å². The van der Waals surface area contributed by atoms with Crippen LogP contribution in [-0.4, -0.2) is 65.3 Å². The number of halogens is 1. The Hall–Kier alpha value is -3.53. The van der Waals surface area contributed by atoms with Crippen LogP contribution in [0.5, 0.6) is 0 Å². The minimum atomic E-state index is -3.86. The Morgan fingerprint density at radius 2 is 1.95 bits per heavy atom. The van der Waals surface area contributed by atoms with Crippen molar-refractivity contribution in [2.75, 3.05) is 20.1 Å². The van der Waals surface area contributed by atoms with Crippen molar-refractivity contribution in [1.82, 2.24) is 29.5 Å². The Labute approximate surface area is 220 Å². The Morgan fingerprint density at radius 1 is 1.22 bits per heavy atom. The van der Waals surface area contributed by atoms with Crippen LogP contribution in [0.25, 0.3) is 5.65 Å². The molecule has 37 heavy (non-hydrogen) atoms. The maximum Gasteiger partial charge on any atom is 0.272 e. The van der Waals surface area contributed by atoms with Gasteiger partial charge in [-0.25, -0.2) is 22.2 Å². The molecular weight excluding hydrogens is 518 g/mol. The molecule has 2 N–H and O–H groups in total. The van der Waals surface area contributed by atoms with E-state index in [-0.39, 0.29) is 46.2 Å². The quantitative estimate of drug-likeness (QED) is 0.351. The summed E-state index contributed by atoms with van der Waals surface area (Å²) in [5.74, 6) is -0.786. The summed E-state index contributed by atoms with van der Waals surface area (Å²) in [7, 11) is -2.44. The number of amides is 2. The second kappa shape index (κ2) is 12.1. The predicted octanol–water partition coefficient (Wildman–Crippen LogP) is 2.23. The van der Waals surface area contributed by atoms with E-state index in [1.54, 1.807) is 24.3 Å². The van der Waals surface area contributed by atoms with Crippen LogP contribution in [0, 0.1) is 17.2 Å². The largest absolute Gasteiger partial charge is 0.354 e. The molecule has 13 heteroatoms. The highest BCUT2D eigenvalue weighted by molar-refractivity contribution is 7.89. The fourth-order valence-corrected chi connectivity index (χ4v) is 5.10. The van der Waals surface area contributed by atoms with Crippen molar-refractivity contribution in [2.24, 2.45) is 5.92 Å². The molecule has 196 valence electrons. The molecule has 3 aromatic rings. The van der Waals surface area contributed by atoms with Crippen LogP contribution in [0.3, 0.4) is 0 Å². The van der Waals surface area contributed by atoms with Crippen LogP contribution in [0.2, 0.25) is 5.15 Å². The number of fused-ring (bicyclic) bond motifs is 1. The van der Waals surface area contributed by atoms with Gasteiger partial charge >= 0.3 is 0 Å². The topological polar surface area (TPSA) is 150 Å². The number of hydrogen-bond acceptors (Lipinski definition) is 7. The third-order valence-corrected chi connectivity index (χ3v) is 7.61. The third-order valence-electron chi connectivity index (χ3n) is 5.49. The van der Waals surface area contributed by atoms with Crippen molar-refractivity contribution in [3.63, 3.8) is 0 Å². The molecule has 2 heterocycles. The van der Waals surface area contributed by atoms with Gasteiger partial charge in [-0.05, 0) is 43.0 Å². The molecule has 1 atom stereocenters. The van der Waals surface area contributed by atoms with Crippen molar-refractivity contribution >= 4 is 39.1 Å². The molecule has 0 aliphatic heterocycles. The van der Waals surface area contributed by atoms with Crippen molar-refractivity contribution < 1.29 is 18.0 Å². The van der Waals surface area contributed by atoms with Gasteiger partial charge in [0.15, 0.2) is 5.65 Å². The first-order valence-corrected chi connectivity index (χ1v) is 13.4. The molecule has 0 aliphatic rings. The third kappa shape index (κ3) is 7.03. The summed E-state index contributed by atoms with van der Waals surface area (Å²) in [6.45, 7) is 4.19. The first kappa shape index (κ1) is 28.0. The van der Waals surface area contributed by atoms with Crippen LogP contribution in [-0.2, 0) is 14.8 Å². The van der Waals surface area contributed by atoms with E-state index in [0.717, 1.165) is 4.31 Å². The number of imidazole rings is 1. The molecule has 0 unspecified atom stereocenters. The Bertz CT molecular complexity index is 1430. The molecule has 3 rings (SSSR count). The fraction of sp³-hybridized carbons (Fsp3) is 0.375.